The number of amides is 1. The quantitative estimate of drug-likeness (QED) is 0.578. The van der Waals surface area contributed by atoms with Gasteiger partial charge in [0.05, 0.1) is 12.7 Å². The van der Waals surface area contributed by atoms with Crippen LogP contribution in [0.5, 0.6) is 0 Å². The standard InChI is InChI=1S/C11H14N4O/c1-3-5-7-15-9-10(13-14-15)8-12-11(16)6-4-2/h3,9H,1,5,7-8H2,2H3,(H,12,16). The van der Waals surface area contributed by atoms with Crippen molar-refractivity contribution in [2.45, 2.75) is 26.4 Å². The van der Waals surface area contributed by atoms with Crippen LogP contribution in [-0.4, -0.2) is 20.9 Å². The van der Waals surface area contributed by atoms with E-state index in [9.17, 15) is 4.79 Å². The first-order valence-corrected chi connectivity index (χ1v) is 4.96. The average Bonchev–Trinajstić information content (AvgIpc) is 2.72. The van der Waals surface area contributed by atoms with Gasteiger partial charge in [0.15, 0.2) is 0 Å². The van der Waals surface area contributed by atoms with Crippen LogP contribution in [0.4, 0.5) is 0 Å². The van der Waals surface area contributed by atoms with Gasteiger partial charge in [0, 0.05) is 6.54 Å². The molecule has 0 atom stereocenters. The van der Waals surface area contributed by atoms with Crippen LogP contribution >= 0.6 is 0 Å². The van der Waals surface area contributed by atoms with E-state index >= 15 is 0 Å². The minimum Gasteiger partial charge on any atom is -0.339 e. The predicted molar refractivity (Wildman–Crippen MR) is 60.1 cm³/mol. The summed E-state index contributed by atoms with van der Waals surface area (Å²) in [7, 11) is 0. The summed E-state index contributed by atoms with van der Waals surface area (Å²) >= 11 is 0. The van der Waals surface area contributed by atoms with E-state index in [1.807, 2.05) is 6.08 Å². The van der Waals surface area contributed by atoms with Gasteiger partial charge in [-0.3, -0.25) is 9.48 Å². The highest BCUT2D eigenvalue weighted by atomic mass is 16.1. The molecule has 0 saturated heterocycles. The molecule has 0 bridgehead atoms. The molecule has 0 aliphatic carbocycles. The lowest BCUT2D eigenvalue weighted by atomic mass is 10.4. The summed E-state index contributed by atoms with van der Waals surface area (Å²) in [4.78, 5) is 11.0. The van der Waals surface area contributed by atoms with Gasteiger partial charge >= 0.3 is 0 Å². The molecule has 1 N–H and O–H groups in total. The molecule has 0 aliphatic rings. The fraction of sp³-hybridized carbons (Fsp3) is 0.364. The minimum atomic E-state index is -0.303. The molecule has 1 aromatic rings. The summed E-state index contributed by atoms with van der Waals surface area (Å²) in [5.74, 6) is 4.61. The van der Waals surface area contributed by atoms with E-state index in [0.717, 1.165) is 18.7 Å². The SMILES string of the molecule is C=CCCn1cc(CNC(=O)C#CC)nn1. The molecular weight excluding hydrogens is 204 g/mol. The van der Waals surface area contributed by atoms with E-state index in [0.29, 0.717) is 6.54 Å². The Kier molecular flexibility index (Phi) is 4.80. The smallest absolute Gasteiger partial charge is 0.296 e. The van der Waals surface area contributed by atoms with Gasteiger partial charge in [0.1, 0.15) is 5.69 Å². The molecule has 84 valence electrons. The highest BCUT2D eigenvalue weighted by molar-refractivity contribution is 5.93. The van der Waals surface area contributed by atoms with Gasteiger partial charge < -0.3 is 5.32 Å². The molecule has 5 heteroatoms. The van der Waals surface area contributed by atoms with Crippen LogP contribution in [0, 0.1) is 11.8 Å². The third-order valence-corrected chi connectivity index (χ3v) is 1.82. The van der Waals surface area contributed by atoms with Crippen molar-refractivity contribution in [3.05, 3.63) is 24.5 Å². The molecule has 1 rings (SSSR count). The van der Waals surface area contributed by atoms with Crippen LogP contribution in [0.3, 0.4) is 0 Å². The normalized spacial score (nSPS) is 9.06. The highest BCUT2D eigenvalue weighted by Gasteiger charge is 2.01. The maximum Gasteiger partial charge on any atom is 0.296 e. The van der Waals surface area contributed by atoms with Gasteiger partial charge in [-0.15, -0.1) is 11.7 Å². The Morgan fingerprint density at radius 2 is 2.56 bits per heavy atom. The van der Waals surface area contributed by atoms with Gasteiger partial charge in [-0.1, -0.05) is 17.2 Å². The fourth-order valence-electron chi connectivity index (χ4n) is 1.08. The molecular formula is C11H14N4O. The number of aryl methyl sites for hydroxylation is 1. The molecule has 0 aromatic carbocycles. The first-order valence-electron chi connectivity index (χ1n) is 4.96. The number of hydrogen-bond acceptors (Lipinski definition) is 3. The molecule has 0 saturated carbocycles. The van der Waals surface area contributed by atoms with Crippen molar-refractivity contribution in [1.29, 1.82) is 0 Å². The molecule has 16 heavy (non-hydrogen) atoms. The second-order valence-corrected chi connectivity index (χ2v) is 3.11. The fourth-order valence-corrected chi connectivity index (χ4v) is 1.08. The Hall–Kier alpha value is -2.09. The van der Waals surface area contributed by atoms with Crippen LogP contribution < -0.4 is 5.32 Å². The first kappa shape index (κ1) is 12.0. The van der Waals surface area contributed by atoms with Crippen LogP contribution in [0.1, 0.15) is 19.0 Å². The number of carbonyl (C=O) groups is 1. The number of nitrogens with one attached hydrogen (secondary N) is 1. The van der Waals surface area contributed by atoms with Crippen molar-refractivity contribution < 1.29 is 4.79 Å². The average molecular weight is 218 g/mol. The van der Waals surface area contributed by atoms with Crippen LogP contribution in [0.2, 0.25) is 0 Å². The second-order valence-electron chi connectivity index (χ2n) is 3.11. The minimum absolute atomic E-state index is 0.303. The second kappa shape index (κ2) is 6.40. The number of nitrogens with zero attached hydrogens (tertiary/aromatic N) is 3. The molecule has 0 aliphatic heterocycles. The molecule has 1 heterocycles. The van der Waals surface area contributed by atoms with Crippen LogP contribution in [-0.2, 0) is 17.9 Å². The summed E-state index contributed by atoms with van der Waals surface area (Å²) in [5, 5.41) is 10.4. The Balaban J connectivity index is 2.41. The van der Waals surface area contributed by atoms with Crippen molar-refractivity contribution in [1.82, 2.24) is 20.3 Å². The van der Waals surface area contributed by atoms with E-state index in [2.05, 4.69) is 34.0 Å². The zero-order chi connectivity index (χ0) is 11.8. The largest absolute Gasteiger partial charge is 0.339 e. The van der Waals surface area contributed by atoms with Crippen LogP contribution in [0.25, 0.3) is 0 Å². The Bertz CT molecular complexity index is 425. The number of hydrogen-bond donors (Lipinski definition) is 1. The monoisotopic (exact) mass is 218 g/mol. The maximum atomic E-state index is 11.0. The van der Waals surface area contributed by atoms with Crippen molar-refractivity contribution in [2.24, 2.45) is 0 Å². The Morgan fingerprint density at radius 1 is 1.75 bits per heavy atom. The lowest BCUT2D eigenvalue weighted by Gasteiger charge is -1.95. The topological polar surface area (TPSA) is 59.8 Å². The number of carbonyl (C=O) groups excluding carboxylic acids is 1. The van der Waals surface area contributed by atoms with Gasteiger partial charge in [0.2, 0.25) is 0 Å². The molecule has 0 radical (unpaired) electrons. The van der Waals surface area contributed by atoms with Crippen molar-refractivity contribution in [3.63, 3.8) is 0 Å². The lowest BCUT2D eigenvalue weighted by molar-refractivity contribution is -0.115. The van der Waals surface area contributed by atoms with Gasteiger partial charge in [-0.2, -0.15) is 0 Å². The third kappa shape index (κ3) is 3.96. The molecule has 5 nitrogen and oxygen atoms in total. The molecule has 1 amide bonds. The summed E-state index contributed by atoms with van der Waals surface area (Å²) in [6.45, 7) is 6.34. The lowest BCUT2D eigenvalue weighted by Crippen LogP contribution is -2.20. The summed E-state index contributed by atoms with van der Waals surface area (Å²) < 4.78 is 1.72. The van der Waals surface area contributed by atoms with E-state index in [1.54, 1.807) is 17.8 Å². The summed E-state index contributed by atoms with van der Waals surface area (Å²) in [6.07, 6.45) is 4.46. The molecule has 0 fully saturated rings. The zero-order valence-corrected chi connectivity index (χ0v) is 9.23. The van der Waals surface area contributed by atoms with E-state index in [1.165, 1.54) is 0 Å². The Morgan fingerprint density at radius 3 is 3.25 bits per heavy atom. The third-order valence-electron chi connectivity index (χ3n) is 1.82. The number of aromatic nitrogens is 3. The molecule has 1 aromatic heterocycles. The maximum absolute atomic E-state index is 11.0. The predicted octanol–water partition coefficient (Wildman–Crippen LogP) is 0.494. The van der Waals surface area contributed by atoms with E-state index < -0.39 is 0 Å². The van der Waals surface area contributed by atoms with Crippen LogP contribution in [0.15, 0.2) is 18.9 Å². The van der Waals surface area contributed by atoms with Crippen molar-refractivity contribution in [2.75, 3.05) is 0 Å². The van der Waals surface area contributed by atoms with Crippen molar-refractivity contribution >= 4 is 5.91 Å². The first-order chi connectivity index (χ1) is 7.76. The van der Waals surface area contributed by atoms with Crippen molar-refractivity contribution in [3.8, 4) is 11.8 Å². The zero-order valence-electron chi connectivity index (χ0n) is 9.23. The molecule has 0 spiro atoms. The van der Waals surface area contributed by atoms with Gasteiger partial charge in [0.25, 0.3) is 5.91 Å². The van der Waals surface area contributed by atoms with E-state index in [-0.39, 0.29) is 5.91 Å². The van der Waals surface area contributed by atoms with Gasteiger partial charge in [-0.25, -0.2) is 0 Å². The Labute approximate surface area is 94.5 Å². The number of allylic oxidation sites excluding steroid dienone is 1. The molecule has 0 unspecified atom stereocenters. The summed E-state index contributed by atoms with van der Waals surface area (Å²) in [6, 6.07) is 0. The number of rotatable bonds is 5. The highest BCUT2D eigenvalue weighted by Crippen LogP contribution is 1.94. The van der Waals surface area contributed by atoms with Gasteiger partial charge in [-0.05, 0) is 19.3 Å². The van der Waals surface area contributed by atoms with E-state index in [4.69, 9.17) is 0 Å². The summed E-state index contributed by atoms with van der Waals surface area (Å²) in [5.41, 5.74) is 0.718.